The molecular weight excluding hydrogens is 398 g/mol. The van der Waals surface area contributed by atoms with Crippen molar-refractivity contribution in [3.8, 4) is 0 Å². The van der Waals surface area contributed by atoms with Gasteiger partial charge in [0.05, 0.1) is 0 Å². The number of hydrogen-bond donors (Lipinski definition) is 0. The van der Waals surface area contributed by atoms with E-state index in [1.54, 1.807) is 0 Å². The molecule has 2 atom stereocenters. The van der Waals surface area contributed by atoms with Gasteiger partial charge in [-0.3, -0.25) is 14.6 Å². The summed E-state index contributed by atoms with van der Waals surface area (Å²) in [4.78, 5) is 31.5. The normalized spacial score (nSPS) is 26.8. The lowest BCUT2D eigenvalue weighted by molar-refractivity contribution is -0.153. The van der Waals surface area contributed by atoms with Gasteiger partial charge >= 0.3 is 5.97 Å². The van der Waals surface area contributed by atoms with Gasteiger partial charge in [-0.2, -0.15) is 0 Å². The van der Waals surface area contributed by atoms with Gasteiger partial charge in [0.15, 0.2) is 5.78 Å². The second-order valence-corrected chi connectivity index (χ2v) is 10.1. The van der Waals surface area contributed by atoms with Crippen LogP contribution in [0.15, 0.2) is 40.5 Å². The Morgan fingerprint density at radius 1 is 1.13 bits per heavy atom. The first kappa shape index (κ1) is 21.3. The van der Waals surface area contributed by atoms with Gasteiger partial charge in [-0.1, -0.05) is 50.1 Å². The maximum atomic E-state index is 13.4. The summed E-state index contributed by atoms with van der Waals surface area (Å²) >= 11 is 6.58. The van der Waals surface area contributed by atoms with Crippen LogP contribution >= 0.6 is 11.6 Å². The Balaban J connectivity index is 1.77. The molecule has 1 fully saturated rings. The zero-order chi connectivity index (χ0) is 21.5. The molecule has 0 aromatic heterocycles. The summed E-state index contributed by atoms with van der Waals surface area (Å²) in [5, 5.41) is 0.567. The van der Waals surface area contributed by atoms with Crippen LogP contribution in [-0.4, -0.2) is 23.6 Å². The summed E-state index contributed by atoms with van der Waals surface area (Å²) in [6.07, 6.45) is 6.32. The van der Waals surface area contributed by atoms with Crippen molar-refractivity contribution in [1.29, 1.82) is 0 Å². The third-order valence-electron chi connectivity index (χ3n) is 6.63. The molecule has 1 aromatic rings. The van der Waals surface area contributed by atoms with Crippen molar-refractivity contribution >= 4 is 29.1 Å². The van der Waals surface area contributed by atoms with E-state index in [1.165, 1.54) is 6.42 Å². The van der Waals surface area contributed by atoms with Gasteiger partial charge in [0, 0.05) is 34.3 Å². The van der Waals surface area contributed by atoms with Crippen molar-refractivity contribution in [3.05, 3.63) is 46.1 Å². The topological polar surface area (TPSA) is 55.7 Å². The maximum absolute atomic E-state index is 13.4. The molecule has 2 aliphatic carbocycles. The number of benzene rings is 1. The van der Waals surface area contributed by atoms with Crippen LogP contribution in [0.2, 0.25) is 5.02 Å². The zero-order valence-electron chi connectivity index (χ0n) is 18.0. The highest BCUT2D eigenvalue weighted by atomic mass is 35.5. The number of carbonyl (C=O) groups excluding carboxylic acids is 2. The summed E-state index contributed by atoms with van der Waals surface area (Å²) in [7, 11) is 0. The standard InChI is InChI=1S/C25H30ClNO3/c1-15-21(24(29)30-16-9-5-4-6-10-16)22(17-11-7-8-12-18(17)26)23-19(27-15)13-25(2,3)14-20(23)28/h7-8,11-12,16,21-22H,4-6,9-10,13-14H2,1-3H3/t21?,22-/m1/s1. The van der Waals surface area contributed by atoms with Crippen LogP contribution in [0.4, 0.5) is 0 Å². The van der Waals surface area contributed by atoms with Crippen LogP contribution in [0.1, 0.15) is 77.2 Å². The van der Waals surface area contributed by atoms with Crippen LogP contribution < -0.4 is 0 Å². The molecule has 5 heteroatoms. The number of allylic oxidation sites excluding steroid dienone is 2. The second kappa shape index (κ2) is 8.30. The van der Waals surface area contributed by atoms with Crippen LogP contribution in [0.3, 0.4) is 0 Å². The van der Waals surface area contributed by atoms with E-state index in [-0.39, 0.29) is 23.3 Å². The minimum Gasteiger partial charge on any atom is -0.462 e. The van der Waals surface area contributed by atoms with Crippen molar-refractivity contribution < 1.29 is 14.3 Å². The minimum absolute atomic E-state index is 0.0395. The summed E-state index contributed by atoms with van der Waals surface area (Å²) in [6.45, 7) is 6.06. The molecule has 4 rings (SSSR count). The number of rotatable bonds is 3. The maximum Gasteiger partial charge on any atom is 0.315 e. The highest BCUT2D eigenvalue weighted by molar-refractivity contribution is 6.31. The van der Waals surface area contributed by atoms with Gasteiger partial charge in [-0.15, -0.1) is 0 Å². The number of carbonyl (C=O) groups is 2. The lowest BCUT2D eigenvalue weighted by Crippen LogP contribution is -2.40. The Morgan fingerprint density at radius 3 is 2.53 bits per heavy atom. The fourth-order valence-corrected chi connectivity index (χ4v) is 5.49. The quantitative estimate of drug-likeness (QED) is 0.553. The zero-order valence-corrected chi connectivity index (χ0v) is 18.8. The molecule has 1 aromatic carbocycles. The smallest absolute Gasteiger partial charge is 0.315 e. The molecule has 0 amide bonds. The average Bonchev–Trinajstić information content (AvgIpc) is 2.67. The van der Waals surface area contributed by atoms with Crippen molar-refractivity contribution in [2.24, 2.45) is 16.3 Å². The number of ketones is 1. The Hall–Kier alpha value is -1.94. The molecule has 0 radical (unpaired) electrons. The van der Waals surface area contributed by atoms with Crippen molar-refractivity contribution in [1.82, 2.24) is 0 Å². The van der Waals surface area contributed by atoms with Gasteiger partial charge in [-0.05, 0) is 56.1 Å². The first-order chi connectivity index (χ1) is 14.3. The van der Waals surface area contributed by atoms with E-state index in [9.17, 15) is 9.59 Å². The Bertz CT molecular complexity index is 924. The number of ether oxygens (including phenoxy) is 1. The molecule has 4 nitrogen and oxygen atoms in total. The first-order valence-electron chi connectivity index (χ1n) is 11.0. The van der Waals surface area contributed by atoms with E-state index >= 15 is 0 Å². The fourth-order valence-electron chi connectivity index (χ4n) is 5.23. The van der Waals surface area contributed by atoms with E-state index in [2.05, 4.69) is 13.8 Å². The molecule has 1 saturated carbocycles. The molecule has 0 N–H and O–H groups in total. The molecule has 160 valence electrons. The van der Waals surface area contributed by atoms with Gasteiger partial charge in [0.1, 0.15) is 12.0 Å². The van der Waals surface area contributed by atoms with Crippen LogP contribution in [0.25, 0.3) is 0 Å². The van der Waals surface area contributed by atoms with Gasteiger partial charge in [-0.25, -0.2) is 0 Å². The van der Waals surface area contributed by atoms with Crippen molar-refractivity contribution in [2.45, 2.75) is 77.7 Å². The summed E-state index contributed by atoms with van der Waals surface area (Å²) in [5.41, 5.74) is 2.84. The lowest BCUT2D eigenvalue weighted by Gasteiger charge is -2.39. The summed E-state index contributed by atoms with van der Waals surface area (Å²) in [6, 6.07) is 7.51. The molecule has 30 heavy (non-hydrogen) atoms. The monoisotopic (exact) mass is 427 g/mol. The lowest BCUT2D eigenvalue weighted by atomic mass is 9.67. The van der Waals surface area contributed by atoms with Crippen LogP contribution in [0.5, 0.6) is 0 Å². The molecule has 0 bridgehead atoms. The number of nitrogens with zero attached hydrogens (tertiary/aromatic N) is 1. The molecule has 0 saturated heterocycles. The average molecular weight is 428 g/mol. The number of aliphatic imine (C=N–C) groups is 1. The Morgan fingerprint density at radius 2 is 1.83 bits per heavy atom. The largest absolute Gasteiger partial charge is 0.462 e. The van der Waals surface area contributed by atoms with Gasteiger partial charge < -0.3 is 4.74 Å². The molecule has 1 unspecified atom stereocenters. The molecule has 1 heterocycles. The molecule has 0 spiro atoms. The third-order valence-corrected chi connectivity index (χ3v) is 6.98. The van der Waals surface area contributed by atoms with E-state index in [0.29, 0.717) is 22.7 Å². The third kappa shape index (κ3) is 4.12. The van der Waals surface area contributed by atoms with Gasteiger partial charge in [0.2, 0.25) is 0 Å². The molecular formula is C25H30ClNO3. The number of Topliss-reactive ketones (excluding diaryl/α,β-unsaturated/α-hetero) is 1. The van der Waals surface area contributed by atoms with Gasteiger partial charge in [0.25, 0.3) is 0 Å². The van der Waals surface area contributed by atoms with Crippen molar-refractivity contribution in [3.63, 3.8) is 0 Å². The Labute approximate surface area is 183 Å². The highest BCUT2D eigenvalue weighted by Crippen LogP contribution is 2.49. The Kier molecular flexibility index (Phi) is 5.89. The van der Waals surface area contributed by atoms with Crippen LogP contribution in [-0.2, 0) is 14.3 Å². The SMILES string of the molecule is CC1=NC2=C(C(=O)CC(C)(C)C2)[C@H](c2ccccc2Cl)C1C(=O)OC1CCCCC1. The summed E-state index contributed by atoms with van der Waals surface area (Å²) < 4.78 is 5.95. The second-order valence-electron chi connectivity index (χ2n) is 9.73. The van der Waals surface area contributed by atoms with E-state index in [0.717, 1.165) is 43.4 Å². The van der Waals surface area contributed by atoms with E-state index < -0.39 is 11.8 Å². The number of hydrogen-bond acceptors (Lipinski definition) is 4. The molecule has 3 aliphatic rings. The van der Waals surface area contributed by atoms with Crippen LogP contribution in [0, 0.1) is 11.3 Å². The first-order valence-corrected chi connectivity index (χ1v) is 11.4. The molecule has 1 aliphatic heterocycles. The van der Waals surface area contributed by atoms with Crippen molar-refractivity contribution in [2.75, 3.05) is 0 Å². The highest BCUT2D eigenvalue weighted by Gasteiger charge is 2.46. The number of halogens is 1. The minimum atomic E-state index is -0.615. The fraction of sp³-hybridized carbons (Fsp3) is 0.560. The summed E-state index contributed by atoms with van der Waals surface area (Å²) in [5.74, 6) is -1.27. The van der Waals surface area contributed by atoms with E-state index in [4.69, 9.17) is 21.3 Å². The predicted octanol–water partition coefficient (Wildman–Crippen LogP) is 6.03. The predicted molar refractivity (Wildman–Crippen MR) is 119 cm³/mol. The number of esters is 1. The van der Waals surface area contributed by atoms with E-state index in [1.807, 2.05) is 31.2 Å².